The lowest BCUT2D eigenvalue weighted by Gasteiger charge is -2.34. The first-order chi connectivity index (χ1) is 12.4. The number of morpholine rings is 1. The Morgan fingerprint density at radius 2 is 2.15 bits per heavy atom. The Morgan fingerprint density at radius 1 is 1.42 bits per heavy atom. The minimum Gasteiger partial charge on any atom is -0.480 e. The number of amides is 2. The minimum absolute atomic E-state index is 0.0414. The van der Waals surface area contributed by atoms with E-state index in [9.17, 15) is 9.59 Å². The van der Waals surface area contributed by atoms with Crippen LogP contribution in [0.1, 0.15) is 6.92 Å². The van der Waals surface area contributed by atoms with E-state index < -0.39 is 5.97 Å². The van der Waals surface area contributed by atoms with Gasteiger partial charge in [-0.3, -0.25) is 9.69 Å². The molecule has 1 aromatic carbocycles. The van der Waals surface area contributed by atoms with Crippen LogP contribution in [0.25, 0.3) is 0 Å². The Hall–Kier alpha value is -1.77. The Bertz CT molecular complexity index is 587. The number of carboxylic acid groups (broad SMARTS) is 1. The number of benzene rings is 1. The van der Waals surface area contributed by atoms with Crippen LogP contribution in [0.4, 0.5) is 4.79 Å². The number of urea groups is 1. The smallest absolute Gasteiger partial charge is 0.317 e. The normalized spacial score (nSPS) is 18.6. The third kappa shape index (κ3) is 7.23. The molecule has 2 atom stereocenters. The molecule has 1 heterocycles. The predicted molar refractivity (Wildman–Crippen MR) is 102 cm³/mol. The average Bonchev–Trinajstić information content (AvgIpc) is 2.60. The van der Waals surface area contributed by atoms with E-state index in [-0.39, 0.29) is 23.9 Å². The molecule has 2 amide bonds. The molecule has 26 heavy (non-hydrogen) atoms. The second kappa shape index (κ2) is 10.4. The summed E-state index contributed by atoms with van der Waals surface area (Å²) in [5.41, 5.74) is 0. The predicted octanol–water partition coefficient (Wildman–Crippen LogP) is 1.59. The van der Waals surface area contributed by atoms with Gasteiger partial charge >= 0.3 is 12.0 Å². The summed E-state index contributed by atoms with van der Waals surface area (Å²) in [5.74, 6) is -0.872. The molecule has 144 valence electrons. The second-order valence-corrected chi connectivity index (χ2v) is 7.97. The molecule has 0 aliphatic carbocycles. The highest BCUT2D eigenvalue weighted by atomic mass is 32.2. The molecule has 1 aliphatic rings. The molecule has 2 rings (SSSR count). The third-order valence-electron chi connectivity index (χ3n) is 3.97. The van der Waals surface area contributed by atoms with E-state index in [1.54, 1.807) is 28.6 Å². The van der Waals surface area contributed by atoms with Crippen molar-refractivity contribution in [2.24, 2.45) is 0 Å². The maximum atomic E-state index is 12.4. The fourth-order valence-corrected chi connectivity index (χ4v) is 3.72. The van der Waals surface area contributed by atoms with Gasteiger partial charge in [0.25, 0.3) is 0 Å². The summed E-state index contributed by atoms with van der Waals surface area (Å²) in [6, 6.07) is 10.0. The van der Waals surface area contributed by atoms with Crippen LogP contribution in [0.5, 0.6) is 0 Å². The number of rotatable bonds is 8. The maximum absolute atomic E-state index is 12.4. The molecule has 0 saturated carbocycles. The molecule has 2 N–H and O–H groups in total. The van der Waals surface area contributed by atoms with Crippen LogP contribution in [-0.4, -0.2) is 84.6 Å². The van der Waals surface area contributed by atoms with E-state index in [4.69, 9.17) is 9.84 Å². The number of ether oxygens (including phenoxy) is 1. The van der Waals surface area contributed by atoms with Crippen molar-refractivity contribution in [3.63, 3.8) is 0 Å². The van der Waals surface area contributed by atoms with Crippen molar-refractivity contribution in [3.05, 3.63) is 30.3 Å². The van der Waals surface area contributed by atoms with Crippen LogP contribution in [0.3, 0.4) is 0 Å². The molecule has 8 heteroatoms. The summed E-state index contributed by atoms with van der Waals surface area (Å²) >= 11 is 1.73. The van der Waals surface area contributed by atoms with Gasteiger partial charge in [0, 0.05) is 36.3 Å². The number of likely N-dealkylation sites (N-methyl/N-ethyl adjacent to an activating group) is 1. The van der Waals surface area contributed by atoms with Crippen LogP contribution in [0, 0.1) is 0 Å². The second-order valence-electron chi connectivity index (χ2n) is 6.46. The number of nitrogens with one attached hydrogen (secondary N) is 1. The highest BCUT2D eigenvalue weighted by Gasteiger charge is 2.25. The number of carboxylic acids is 1. The van der Waals surface area contributed by atoms with E-state index in [1.807, 2.05) is 18.2 Å². The van der Waals surface area contributed by atoms with E-state index in [2.05, 4.69) is 24.4 Å². The van der Waals surface area contributed by atoms with Crippen LogP contribution in [-0.2, 0) is 9.53 Å². The summed E-state index contributed by atoms with van der Waals surface area (Å²) < 4.78 is 5.65. The molecule has 0 spiro atoms. The number of hydrogen-bond acceptors (Lipinski definition) is 5. The Labute approximate surface area is 158 Å². The Morgan fingerprint density at radius 3 is 2.85 bits per heavy atom. The highest BCUT2D eigenvalue weighted by Crippen LogP contribution is 2.22. The average molecular weight is 381 g/mol. The van der Waals surface area contributed by atoms with E-state index in [0.29, 0.717) is 32.8 Å². The number of aliphatic carboxylic acids is 1. The van der Waals surface area contributed by atoms with Crippen molar-refractivity contribution in [2.45, 2.75) is 23.2 Å². The lowest BCUT2D eigenvalue weighted by atomic mass is 10.2. The van der Waals surface area contributed by atoms with Crippen molar-refractivity contribution in [2.75, 3.05) is 46.4 Å². The minimum atomic E-state index is -0.872. The number of carbonyl (C=O) groups excluding carboxylic acids is 1. The molecule has 7 nitrogen and oxygen atoms in total. The van der Waals surface area contributed by atoms with E-state index in [0.717, 1.165) is 0 Å². The molecule has 0 bridgehead atoms. The number of thioether (sulfide) groups is 1. The molecule has 0 aromatic heterocycles. The van der Waals surface area contributed by atoms with Crippen molar-refractivity contribution in [3.8, 4) is 0 Å². The van der Waals surface area contributed by atoms with Gasteiger partial charge in [0.2, 0.25) is 0 Å². The van der Waals surface area contributed by atoms with Gasteiger partial charge in [0.1, 0.15) is 0 Å². The summed E-state index contributed by atoms with van der Waals surface area (Å²) in [7, 11) is 1.74. The first kappa shape index (κ1) is 20.5. The fourth-order valence-electron chi connectivity index (χ4n) is 2.77. The number of carbonyl (C=O) groups is 2. The zero-order valence-electron chi connectivity index (χ0n) is 15.3. The van der Waals surface area contributed by atoms with Crippen LogP contribution in [0.15, 0.2) is 35.2 Å². The lowest BCUT2D eigenvalue weighted by Crippen LogP contribution is -2.53. The van der Waals surface area contributed by atoms with Gasteiger partial charge in [0.15, 0.2) is 0 Å². The Balaban J connectivity index is 1.73. The topological polar surface area (TPSA) is 82.1 Å². The highest BCUT2D eigenvalue weighted by molar-refractivity contribution is 8.00. The van der Waals surface area contributed by atoms with Gasteiger partial charge in [-0.05, 0) is 19.2 Å². The quantitative estimate of drug-likeness (QED) is 0.666. The molecule has 0 radical (unpaired) electrons. The van der Waals surface area contributed by atoms with E-state index >= 15 is 0 Å². The monoisotopic (exact) mass is 381 g/mol. The molecule has 1 saturated heterocycles. The van der Waals surface area contributed by atoms with Crippen LogP contribution < -0.4 is 5.32 Å². The van der Waals surface area contributed by atoms with Crippen molar-refractivity contribution >= 4 is 23.8 Å². The maximum Gasteiger partial charge on any atom is 0.317 e. The summed E-state index contributed by atoms with van der Waals surface area (Å²) in [4.78, 5) is 27.8. The Kier molecular flexibility index (Phi) is 8.21. The molecule has 1 aliphatic heterocycles. The molecular weight excluding hydrogens is 354 g/mol. The van der Waals surface area contributed by atoms with Crippen molar-refractivity contribution < 1.29 is 19.4 Å². The molecular formula is C18H27N3O4S. The first-order valence-electron chi connectivity index (χ1n) is 8.70. The lowest BCUT2D eigenvalue weighted by molar-refractivity contribution is -0.138. The van der Waals surface area contributed by atoms with Crippen LogP contribution >= 0.6 is 11.8 Å². The first-order valence-corrected chi connectivity index (χ1v) is 9.58. The summed E-state index contributed by atoms with van der Waals surface area (Å²) in [6.07, 6.45) is -0.171. The number of hydrogen-bond donors (Lipinski definition) is 2. The van der Waals surface area contributed by atoms with Gasteiger partial charge < -0.3 is 20.1 Å². The zero-order valence-corrected chi connectivity index (χ0v) is 16.1. The zero-order chi connectivity index (χ0) is 18.9. The summed E-state index contributed by atoms with van der Waals surface area (Å²) in [6.45, 7) is 4.59. The standard InChI is InChI=1S/C18H27N3O4S/c1-14(26-16-6-4-3-5-7-16)10-19-18(24)21-8-9-25-15(12-21)11-20(2)13-17(22)23/h3-7,14-15H,8-13H2,1-2H3,(H,19,24)(H,22,23). The SMILES string of the molecule is CC(CNC(=O)N1CCOC(CN(C)CC(=O)O)C1)Sc1ccccc1. The summed E-state index contributed by atoms with van der Waals surface area (Å²) in [5, 5.41) is 12.1. The van der Waals surface area contributed by atoms with Gasteiger partial charge in [-0.15, -0.1) is 11.8 Å². The fraction of sp³-hybridized carbons (Fsp3) is 0.556. The van der Waals surface area contributed by atoms with Gasteiger partial charge in [-0.1, -0.05) is 25.1 Å². The molecule has 1 fully saturated rings. The van der Waals surface area contributed by atoms with Gasteiger partial charge in [0.05, 0.1) is 19.3 Å². The van der Waals surface area contributed by atoms with Gasteiger partial charge in [-0.2, -0.15) is 0 Å². The third-order valence-corrected chi connectivity index (χ3v) is 5.08. The molecule has 2 unspecified atom stereocenters. The number of nitrogens with zero attached hydrogens (tertiary/aromatic N) is 2. The van der Waals surface area contributed by atoms with E-state index in [1.165, 1.54) is 4.90 Å². The van der Waals surface area contributed by atoms with Gasteiger partial charge in [-0.25, -0.2) is 4.79 Å². The van der Waals surface area contributed by atoms with Crippen molar-refractivity contribution in [1.82, 2.24) is 15.1 Å². The van der Waals surface area contributed by atoms with Crippen LogP contribution in [0.2, 0.25) is 0 Å². The largest absolute Gasteiger partial charge is 0.480 e. The van der Waals surface area contributed by atoms with Crippen molar-refractivity contribution in [1.29, 1.82) is 0 Å². The molecule has 1 aromatic rings.